The first-order valence-corrected chi connectivity index (χ1v) is 11.5. The molecule has 1 fully saturated rings. The lowest BCUT2D eigenvalue weighted by Gasteiger charge is -2.25. The van der Waals surface area contributed by atoms with Crippen LogP contribution < -0.4 is 0 Å². The molecule has 8 nitrogen and oxygen atoms in total. The Balaban J connectivity index is 1.44. The van der Waals surface area contributed by atoms with Gasteiger partial charge in [-0.3, -0.25) is 0 Å². The number of benzene rings is 1. The number of aromatic nitrogens is 3. The van der Waals surface area contributed by atoms with Crippen LogP contribution in [0.1, 0.15) is 18.1 Å². The second-order valence-corrected chi connectivity index (χ2v) is 9.73. The molecular weight excluding hydrogens is 412 g/mol. The summed E-state index contributed by atoms with van der Waals surface area (Å²) in [5.41, 5.74) is 0.885. The molecule has 3 heterocycles. The fourth-order valence-electron chi connectivity index (χ4n) is 2.86. The number of rotatable bonds is 6. The van der Waals surface area contributed by atoms with Crippen molar-refractivity contribution in [2.45, 2.75) is 22.1 Å². The molecule has 0 amide bonds. The van der Waals surface area contributed by atoms with Crippen LogP contribution in [0.3, 0.4) is 0 Å². The first kappa shape index (κ1) is 20.0. The van der Waals surface area contributed by atoms with E-state index in [1.165, 1.54) is 22.3 Å². The second kappa shape index (κ2) is 8.62. The van der Waals surface area contributed by atoms with E-state index in [4.69, 9.17) is 9.26 Å². The van der Waals surface area contributed by atoms with E-state index in [0.29, 0.717) is 43.0 Å². The molecule has 1 aliphatic rings. The number of ether oxygens (including phenoxy) is 1. The Labute approximate surface area is 173 Å². The van der Waals surface area contributed by atoms with Gasteiger partial charge in [0.1, 0.15) is 4.90 Å². The van der Waals surface area contributed by atoms with Gasteiger partial charge in [0, 0.05) is 24.8 Å². The highest BCUT2D eigenvalue weighted by Crippen LogP contribution is 2.34. The van der Waals surface area contributed by atoms with Crippen LogP contribution in [0, 0.1) is 0 Å². The van der Waals surface area contributed by atoms with Crippen LogP contribution in [-0.2, 0) is 14.8 Å². The normalized spacial score (nSPS) is 16.6. The average Bonchev–Trinajstić information content (AvgIpc) is 3.26. The van der Waals surface area contributed by atoms with Crippen LogP contribution in [0.2, 0.25) is 0 Å². The Bertz CT molecular complexity index is 1050. The Hall–Kier alpha value is -2.27. The first-order valence-electron chi connectivity index (χ1n) is 9.14. The lowest BCUT2D eigenvalue weighted by molar-refractivity contribution is 0.0730. The lowest BCUT2D eigenvalue weighted by atomic mass is 10.2. The molecule has 1 unspecified atom stereocenters. The van der Waals surface area contributed by atoms with Crippen molar-refractivity contribution in [2.24, 2.45) is 0 Å². The molecule has 152 valence electrons. The van der Waals surface area contributed by atoms with Crippen molar-refractivity contribution in [3.8, 4) is 11.4 Å². The molecule has 1 aliphatic heterocycles. The van der Waals surface area contributed by atoms with Crippen molar-refractivity contribution < 1.29 is 17.7 Å². The molecular formula is C19H20N4O4S2. The summed E-state index contributed by atoms with van der Waals surface area (Å²) < 4.78 is 37.4. The number of nitrogens with zero attached hydrogens (tertiary/aromatic N) is 4. The van der Waals surface area contributed by atoms with E-state index in [2.05, 4.69) is 15.1 Å². The minimum Gasteiger partial charge on any atom is -0.379 e. The van der Waals surface area contributed by atoms with Crippen molar-refractivity contribution in [1.82, 2.24) is 19.4 Å². The van der Waals surface area contributed by atoms with E-state index < -0.39 is 10.0 Å². The molecule has 1 aromatic carbocycles. The molecule has 1 saturated heterocycles. The van der Waals surface area contributed by atoms with Gasteiger partial charge in [-0.1, -0.05) is 47.3 Å². The summed E-state index contributed by atoms with van der Waals surface area (Å²) in [5, 5.41) is 4.58. The standard InChI is InChI=1S/C19H20N4O4S2/c1-14(19-21-18(22-27-19)15-5-3-2-4-6-15)28-17-8-7-16(13-20-17)29(24,25)23-9-11-26-12-10-23/h2-8,13-14H,9-12H2,1H3. The summed E-state index contributed by atoms with van der Waals surface area (Å²) in [6.07, 6.45) is 1.39. The summed E-state index contributed by atoms with van der Waals surface area (Å²) in [4.78, 5) is 8.94. The van der Waals surface area contributed by atoms with Crippen molar-refractivity contribution in [1.29, 1.82) is 0 Å². The Morgan fingerprint density at radius 3 is 2.55 bits per heavy atom. The van der Waals surface area contributed by atoms with E-state index in [0.717, 1.165) is 5.56 Å². The summed E-state index contributed by atoms with van der Waals surface area (Å²) in [6, 6.07) is 12.9. The molecule has 0 radical (unpaired) electrons. The van der Waals surface area contributed by atoms with Crippen LogP contribution in [0.15, 0.2) is 63.1 Å². The lowest BCUT2D eigenvalue weighted by Crippen LogP contribution is -2.40. The van der Waals surface area contributed by atoms with Crippen molar-refractivity contribution in [3.63, 3.8) is 0 Å². The number of hydrogen-bond acceptors (Lipinski definition) is 8. The number of hydrogen-bond donors (Lipinski definition) is 0. The van der Waals surface area contributed by atoms with Gasteiger partial charge in [-0.2, -0.15) is 9.29 Å². The summed E-state index contributed by atoms with van der Waals surface area (Å²) in [6.45, 7) is 3.47. The predicted octanol–water partition coefficient (Wildman–Crippen LogP) is 3.01. The van der Waals surface area contributed by atoms with Gasteiger partial charge in [0.25, 0.3) is 0 Å². The van der Waals surface area contributed by atoms with E-state index >= 15 is 0 Å². The quantitative estimate of drug-likeness (QED) is 0.548. The monoisotopic (exact) mass is 432 g/mol. The van der Waals surface area contributed by atoms with Gasteiger partial charge >= 0.3 is 0 Å². The van der Waals surface area contributed by atoms with E-state index in [1.807, 2.05) is 37.3 Å². The van der Waals surface area contributed by atoms with Crippen molar-refractivity contribution >= 4 is 21.8 Å². The fourth-order valence-corrected chi connectivity index (χ4v) is 5.03. The smallest absolute Gasteiger partial charge is 0.244 e. The highest BCUT2D eigenvalue weighted by Gasteiger charge is 2.26. The highest BCUT2D eigenvalue weighted by atomic mass is 32.2. The molecule has 0 bridgehead atoms. The summed E-state index contributed by atoms with van der Waals surface area (Å²) in [5.74, 6) is 1.02. The number of sulfonamides is 1. The van der Waals surface area contributed by atoms with Crippen LogP contribution in [0.5, 0.6) is 0 Å². The minimum atomic E-state index is -3.55. The fraction of sp³-hybridized carbons (Fsp3) is 0.316. The molecule has 1 atom stereocenters. The van der Waals surface area contributed by atoms with Crippen LogP contribution >= 0.6 is 11.8 Å². The summed E-state index contributed by atoms with van der Waals surface area (Å²) in [7, 11) is -3.55. The molecule has 0 saturated carbocycles. The molecule has 0 aliphatic carbocycles. The van der Waals surface area contributed by atoms with Crippen molar-refractivity contribution in [2.75, 3.05) is 26.3 Å². The van der Waals surface area contributed by atoms with Crippen LogP contribution in [0.25, 0.3) is 11.4 Å². The van der Waals surface area contributed by atoms with Crippen LogP contribution in [-0.4, -0.2) is 54.2 Å². The Morgan fingerprint density at radius 1 is 1.10 bits per heavy atom. The maximum atomic E-state index is 12.7. The first-order chi connectivity index (χ1) is 14.0. The van der Waals surface area contributed by atoms with Gasteiger partial charge in [0.05, 0.1) is 23.5 Å². The maximum absolute atomic E-state index is 12.7. The topological polar surface area (TPSA) is 98.4 Å². The zero-order valence-corrected chi connectivity index (χ0v) is 17.4. The second-order valence-electron chi connectivity index (χ2n) is 6.43. The van der Waals surface area contributed by atoms with E-state index in [-0.39, 0.29) is 10.1 Å². The third kappa shape index (κ3) is 4.50. The number of thioether (sulfide) groups is 1. The SMILES string of the molecule is CC(Sc1ccc(S(=O)(=O)N2CCOCC2)cn1)c1nc(-c2ccccc2)no1. The van der Waals surface area contributed by atoms with Gasteiger partial charge in [0.2, 0.25) is 21.7 Å². The maximum Gasteiger partial charge on any atom is 0.244 e. The zero-order chi connectivity index (χ0) is 20.3. The molecule has 2 aromatic heterocycles. The molecule has 0 N–H and O–H groups in total. The molecule has 3 aromatic rings. The van der Waals surface area contributed by atoms with E-state index in [1.54, 1.807) is 12.1 Å². The van der Waals surface area contributed by atoms with Crippen molar-refractivity contribution in [3.05, 3.63) is 54.6 Å². The average molecular weight is 433 g/mol. The van der Waals surface area contributed by atoms with Crippen LogP contribution in [0.4, 0.5) is 0 Å². The molecule has 4 rings (SSSR count). The Kier molecular flexibility index (Phi) is 5.95. The molecule has 0 spiro atoms. The predicted molar refractivity (Wildman–Crippen MR) is 108 cm³/mol. The van der Waals surface area contributed by atoms with E-state index in [9.17, 15) is 8.42 Å². The van der Waals surface area contributed by atoms with Gasteiger partial charge in [0.15, 0.2) is 0 Å². The molecule has 29 heavy (non-hydrogen) atoms. The van der Waals surface area contributed by atoms with Gasteiger partial charge < -0.3 is 9.26 Å². The third-order valence-corrected chi connectivity index (χ3v) is 7.36. The highest BCUT2D eigenvalue weighted by molar-refractivity contribution is 7.99. The number of pyridine rings is 1. The van der Waals surface area contributed by atoms with Gasteiger partial charge in [-0.05, 0) is 19.1 Å². The zero-order valence-electron chi connectivity index (χ0n) is 15.8. The third-order valence-electron chi connectivity index (χ3n) is 4.44. The summed E-state index contributed by atoms with van der Waals surface area (Å²) >= 11 is 1.42. The van der Waals surface area contributed by atoms with Gasteiger partial charge in [-0.25, -0.2) is 13.4 Å². The molecule has 10 heteroatoms. The number of morpholine rings is 1. The Morgan fingerprint density at radius 2 is 1.86 bits per heavy atom. The largest absolute Gasteiger partial charge is 0.379 e. The minimum absolute atomic E-state index is 0.130. The van der Waals surface area contributed by atoms with Gasteiger partial charge in [-0.15, -0.1) is 0 Å².